The van der Waals surface area contributed by atoms with Gasteiger partial charge in [0.2, 0.25) is 11.8 Å². The van der Waals surface area contributed by atoms with Crippen molar-refractivity contribution in [1.29, 1.82) is 0 Å². The number of carbonyl (C=O) groups is 2. The van der Waals surface area contributed by atoms with Crippen LogP contribution in [-0.4, -0.2) is 59.4 Å². The second-order valence-electron chi connectivity index (χ2n) is 7.00. The maximum Gasteiger partial charge on any atom is 0.246 e. The van der Waals surface area contributed by atoms with E-state index >= 15 is 0 Å². The lowest BCUT2D eigenvalue weighted by atomic mass is 10.00. The number of rotatable bonds is 3. The molecule has 2 amide bonds. The molecule has 3 fully saturated rings. The summed E-state index contributed by atoms with van der Waals surface area (Å²) in [6.07, 6.45) is 4.76. The molecule has 1 N–H and O–H groups in total. The Morgan fingerprint density at radius 1 is 1.24 bits per heavy atom. The van der Waals surface area contributed by atoms with E-state index in [1.54, 1.807) is 0 Å². The van der Waals surface area contributed by atoms with Gasteiger partial charge in [0.15, 0.2) is 0 Å². The average Bonchev–Trinajstić information content (AvgIpc) is 2.92. The number of likely N-dealkylation sites (tertiary alicyclic amines) is 1. The van der Waals surface area contributed by atoms with Gasteiger partial charge in [-0.25, -0.2) is 0 Å². The summed E-state index contributed by atoms with van der Waals surface area (Å²) in [5.74, 6) is 0.522. The molecule has 3 aliphatic heterocycles. The zero-order valence-corrected chi connectivity index (χ0v) is 13.2. The van der Waals surface area contributed by atoms with E-state index in [0.29, 0.717) is 18.5 Å². The Balaban J connectivity index is 1.82. The molecule has 0 radical (unpaired) electrons. The third-order valence-electron chi connectivity index (χ3n) is 5.24. The largest absolute Gasteiger partial charge is 0.334 e. The van der Waals surface area contributed by atoms with Crippen LogP contribution in [0.1, 0.15) is 46.0 Å². The quantitative estimate of drug-likeness (QED) is 0.844. The molecule has 3 saturated heterocycles. The van der Waals surface area contributed by atoms with E-state index in [2.05, 4.69) is 24.1 Å². The normalized spacial score (nSPS) is 30.9. The molecule has 3 rings (SSSR count). The first-order valence-corrected chi connectivity index (χ1v) is 8.42. The van der Waals surface area contributed by atoms with E-state index in [-0.39, 0.29) is 23.8 Å². The van der Waals surface area contributed by atoms with Crippen molar-refractivity contribution < 1.29 is 9.59 Å². The average molecular weight is 293 g/mol. The molecular formula is C16H27N3O2. The minimum atomic E-state index is -0.263. The van der Waals surface area contributed by atoms with Gasteiger partial charge in [-0.2, -0.15) is 0 Å². The predicted molar refractivity (Wildman–Crippen MR) is 80.7 cm³/mol. The van der Waals surface area contributed by atoms with Crippen LogP contribution in [0.4, 0.5) is 0 Å². The van der Waals surface area contributed by atoms with Crippen LogP contribution < -0.4 is 5.32 Å². The minimum Gasteiger partial charge on any atom is -0.334 e. The second-order valence-corrected chi connectivity index (χ2v) is 7.00. The number of hydrogen-bond acceptors (Lipinski definition) is 3. The highest BCUT2D eigenvalue weighted by atomic mass is 16.2. The van der Waals surface area contributed by atoms with Gasteiger partial charge in [0.05, 0.1) is 0 Å². The Morgan fingerprint density at radius 2 is 2.00 bits per heavy atom. The monoisotopic (exact) mass is 293 g/mol. The summed E-state index contributed by atoms with van der Waals surface area (Å²) in [4.78, 5) is 29.2. The van der Waals surface area contributed by atoms with Crippen molar-refractivity contribution in [3.8, 4) is 0 Å². The van der Waals surface area contributed by atoms with E-state index in [1.807, 2.05) is 4.90 Å². The smallest absolute Gasteiger partial charge is 0.246 e. The van der Waals surface area contributed by atoms with Crippen LogP contribution in [0.5, 0.6) is 0 Å². The maximum atomic E-state index is 13.2. The van der Waals surface area contributed by atoms with E-state index in [4.69, 9.17) is 0 Å². The molecule has 5 heteroatoms. The second kappa shape index (κ2) is 5.95. The van der Waals surface area contributed by atoms with Gasteiger partial charge in [-0.15, -0.1) is 0 Å². The van der Waals surface area contributed by atoms with Gasteiger partial charge in [0.25, 0.3) is 0 Å². The van der Waals surface area contributed by atoms with Gasteiger partial charge in [-0.1, -0.05) is 13.8 Å². The van der Waals surface area contributed by atoms with Crippen molar-refractivity contribution in [2.45, 2.75) is 64.1 Å². The van der Waals surface area contributed by atoms with E-state index < -0.39 is 0 Å². The summed E-state index contributed by atoms with van der Waals surface area (Å²) >= 11 is 0. The van der Waals surface area contributed by atoms with Crippen molar-refractivity contribution in [3.63, 3.8) is 0 Å². The highest BCUT2D eigenvalue weighted by Gasteiger charge is 2.44. The molecule has 3 heterocycles. The van der Waals surface area contributed by atoms with Crippen LogP contribution in [-0.2, 0) is 9.59 Å². The lowest BCUT2D eigenvalue weighted by molar-refractivity contribution is -0.147. The zero-order chi connectivity index (χ0) is 15.0. The summed E-state index contributed by atoms with van der Waals surface area (Å²) in [5.41, 5.74) is 0. The number of nitrogens with zero attached hydrogens (tertiary/aromatic N) is 2. The summed E-state index contributed by atoms with van der Waals surface area (Å²) < 4.78 is 0. The molecule has 0 aromatic carbocycles. The zero-order valence-electron chi connectivity index (χ0n) is 13.2. The van der Waals surface area contributed by atoms with E-state index in [1.165, 1.54) is 0 Å². The van der Waals surface area contributed by atoms with Crippen molar-refractivity contribution in [2.24, 2.45) is 5.92 Å². The number of fused-ring (bicyclic) bond motifs is 2. The Kier molecular flexibility index (Phi) is 4.20. The molecule has 3 atom stereocenters. The van der Waals surface area contributed by atoms with Crippen LogP contribution in [0.25, 0.3) is 0 Å². The van der Waals surface area contributed by atoms with Gasteiger partial charge in [-0.3, -0.25) is 9.59 Å². The molecule has 0 saturated carbocycles. The Bertz CT molecular complexity index is 410. The molecule has 0 aromatic rings. The minimum absolute atomic E-state index is 0.155. The molecule has 118 valence electrons. The third-order valence-corrected chi connectivity index (χ3v) is 5.24. The standard InChI is InChI=1S/C16H27N3O2/c1-11(2)15(18-9-3-4-14(18)20)16(21)19-12-5-6-13(19)10-17-8-7-12/h11-13,15,17H,3-10H2,1-2H3. The first-order chi connectivity index (χ1) is 10.1. The van der Waals surface area contributed by atoms with Crippen LogP contribution in [0, 0.1) is 5.92 Å². The highest BCUT2D eigenvalue weighted by Crippen LogP contribution is 2.31. The molecule has 0 aromatic heterocycles. The van der Waals surface area contributed by atoms with Gasteiger partial charge < -0.3 is 15.1 Å². The van der Waals surface area contributed by atoms with Crippen LogP contribution in [0.3, 0.4) is 0 Å². The SMILES string of the molecule is CC(C)C(C(=O)N1C2CCNCC1CC2)N1CCCC1=O. The Hall–Kier alpha value is -1.10. The van der Waals surface area contributed by atoms with Crippen molar-refractivity contribution in [2.75, 3.05) is 19.6 Å². The van der Waals surface area contributed by atoms with Crippen LogP contribution >= 0.6 is 0 Å². The molecule has 21 heavy (non-hydrogen) atoms. The summed E-state index contributed by atoms with van der Waals surface area (Å²) in [7, 11) is 0. The maximum absolute atomic E-state index is 13.2. The molecule has 3 unspecified atom stereocenters. The Morgan fingerprint density at radius 3 is 2.67 bits per heavy atom. The summed E-state index contributed by atoms with van der Waals surface area (Å²) in [6.45, 7) is 6.77. The highest BCUT2D eigenvalue weighted by molar-refractivity contribution is 5.89. The van der Waals surface area contributed by atoms with Gasteiger partial charge in [-0.05, 0) is 38.1 Å². The van der Waals surface area contributed by atoms with E-state index in [0.717, 1.165) is 45.3 Å². The first-order valence-electron chi connectivity index (χ1n) is 8.42. The van der Waals surface area contributed by atoms with Crippen molar-refractivity contribution >= 4 is 11.8 Å². The predicted octanol–water partition coefficient (Wildman–Crippen LogP) is 0.986. The lowest BCUT2D eigenvalue weighted by Crippen LogP contribution is -2.55. The number of nitrogens with one attached hydrogen (secondary N) is 1. The Labute approximate surface area is 127 Å². The fourth-order valence-electron chi connectivity index (χ4n) is 4.24. The van der Waals surface area contributed by atoms with Crippen LogP contribution in [0.2, 0.25) is 0 Å². The molecule has 3 aliphatic rings. The number of carbonyl (C=O) groups excluding carboxylic acids is 2. The van der Waals surface area contributed by atoms with Gasteiger partial charge in [0, 0.05) is 31.6 Å². The molecule has 5 nitrogen and oxygen atoms in total. The third kappa shape index (κ3) is 2.68. The summed E-state index contributed by atoms with van der Waals surface area (Å²) in [5, 5.41) is 3.44. The summed E-state index contributed by atoms with van der Waals surface area (Å²) in [6, 6.07) is 0.432. The van der Waals surface area contributed by atoms with Gasteiger partial charge in [0.1, 0.15) is 6.04 Å². The fraction of sp³-hybridized carbons (Fsp3) is 0.875. The molecular weight excluding hydrogens is 266 g/mol. The molecule has 2 bridgehead atoms. The first kappa shape index (κ1) is 14.8. The molecule has 0 spiro atoms. The number of amides is 2. The lowest BCUT2D eigenvalue weighted by Gasteiger charge is -2.37. The molecule has 0 aliphatic carbocycles. The van der Waals surface area contributed by atoms with Crippen molar-refractivity contribution in [1.82, 2.24) is 15.1 Å². The fourth-order valence-corrected chi connectivity index (χ4v) is 4.24. The van der Waals surface area contributed by atoms with E-state index in [9.17, 15) is 9.59 Å². The van der Waals surface area contributed by atoms with Crippen molar-refractivity contribution in [3.05, 3.63) is 0 Å². The number of hydrogen-bond donors (Lipinski definition) is 1. The van der Waals surface area contributed by atoms with Gasteiger partial charge >= 0.3 is 0 Å². The topological polar surface area (TPSA) is 52.7 Å². The van der Waals surface area contributed by atoms with Crippen LogP contribution in [0.15, 0.2) is 0 Å².